The topological polar surface area (TPSA) is 110 Å². The molecule has 202 valence electrons. The van der Waals surface area contributed by atoms with Gasteiger partial charge in [-0.3, -0.25) is 14.5 Å². The zero-order valence-electron chi connectivity index (χ0n) is 21.9. The maximum absolute atomic E-state index is 13.6. The van der Waals surface area contributed by atoms with Crippen molar-refractivity contribution in [1.29, 1.82) is 0 Å². The summed E-state index contributed by atoms with van der Waals surface area (Å²) in [7, 11) is -2.61. The molecule has 0 aliphatic rings. The number of anilines is 1. The van der Waals surface area contributed by atoms with Crippen molar-refractivity contribution in [3.05, 3.63) is 119 Å². The number of aromatic nitrogens is 1. The highest BCUT2D eigenvalue weighted by Crippen LogP contribution is 2.30. The second-order valence-corrected chi connectivity index (χ2v) is 10.6. The fraction of sp³-hybridized carbons (Fsp3) is 0.0968. The number of rotatable bonds is 8. The third kappa shape index (κ3) is 5.06. The number of aryl methyl sites for hydroxylation is 1. The number of nitrogens with zero attached hydrogens (tertiary/aromatic N) is 2. The lowest BCUT2D eigenvalue weighted by Gasteiger charge is -2.15. The van der Waals surface area contributed by atoms with Crippen LogP contribution in [0, 0.1) is 0 Å². The Morgan fingerprint density at radius 2 is 1.62 bits per heavy atom. The number of hydrogen-bond acceptors (Lipinski definition) is 6. The molecule has 0 radical (unpaired) electrons. The van der Waals surface area contributed by atoms with Gasteiger partial charge in [-0.15, -0.1) is 0 Å². The monoisotopic (exact) mass is 553 g/mol. The SMILES string of the molecule is CCc1ccccc1N=Cc1c(O)n(-c2cccc(S(=O)(=O)Nc3ccccc3OC)c2)c(=O)c2ccccc12. The quantitative estimate of drug-likeness (QED) is 0.235. The molecule has 0 spiro atoms. The number of pyridine rings is 1. The maximum atomic E-state index is 13.6. The highest BCUT2D eigenvalue weighted by molar-refractivity contribution is 7.92. The molecule has 1 aromatic heterocycles. The predicted molar refractivity (Wildman–Crippen MR) is 158 cm³/mol. The first kappa shape index (κ1) is 26.7. The summed E-state index contributed by atoms with van der Waals surface area (Å²) in [5.74, 6) is 0.00728. The molecule has 5 rings (SSSR count). The fourth-order valence-electron chi connectivity index (χ4n) is 4.52. The van der Waals surface area contributed by atoms with E-state index in [9.17, 15) is 18.3 Å². The Bertz CT molecular complexity index is 1910. The highest BCUT2D eigenvalue weighted by Gasteiger charge is 2.20. The normalized spacial score (nSPS) is 11.7. The van der Waals surface area contributed by atoms with E-state index in [0.717, 1.165) is 22.2 Å². The van der Waals surface area contributed by atoms with Crippen LogP contribution in [-0.4, -0.2) is 31.4 Å². The van der Waals surface area contributed by atoms with E-state index in [2.05, 4.69) is 9.71 Å². The van der Waals surface area contributed by atoms with Crippen LogP contribution in [0.4, 0.5) is 11.4 Å². The lowest BCUT2D eigenvalue weighted by Crippen LogP contribution is -2.21. The smallest absolute Gasteiger partial charge is 0.265 e. The molecule has 0 aliphatic heterocycles. The van der Waals surface area contributed by atoms with E-state index < -0.39 is 15.6 Å². The van der Waals surface area contributed by atoms with Crippen LogP contribution >= 0.6 is 0 Å². The molecule has 4 aromatic carbocycles. The van der Waals surface area contributed by atoms with E-state index in [0.29, 0.717) is 22.1 Å². The van der Waals surface area contributed by atoms with E-state index in [1.165, 1.54) is 31.5 Å². The Labute approximate surface area is 231 Å². The van der Waals surface area contributed by atoms with Crippen LogP contribution in [-0.2, 0) is 16.4 Å². The van der Waals surface area contributed by atoms with Crippen molar-refractivity contribution < 1.29 is 18.3 Å². The van der Waals surface area contributed by atoms with Crippen LogP contribution in [0.2, 0.25) is 0 Å². The van der Waals surface area contributed by atoms with E-state index in [1.54, 1.807) is 54.6 Å². The minimum Gasteiger partial charge on any atom is -0.495 e. The number of benzene rings is 4. The number of aromatic hydroxyl groups is 1. The summed E-state index contributed by atoms with van der Waals surface area (Å²) in [5, 5.41) is 12.3. The summed E-state index contributed by atoms with van der Waals surface area (Å²) >= 11 is 0. The summed E-state index contributed by atoms with van der Waals surface area (Å²) in [6.45, 7) is 2.03. The summed E-state index contributed by atoms with van der Waals surface area (Å²) in [6, 6.07) is 27.1. The molecular formula is C31H27N3O5S. The van der Waals surface area contributed by atoms with E-state index in [1.807, 2.05) is 31.2 Å². The largest absolute Gasteiger partial charge is 0.495 e. The van der Waals surface area contributed by atoms with Crippen LogP contribution in [0.5, 0.6) is 11.6 Å². The van der Waals surface area contributed by atoms with Gasteiger partial charge >= 0.3 is 0 Å². The molecule has 0 unspecified atom stereocenters. The van der Waals surface area contributed by atoms with Crippen molar-refractivity contribution in [2.24, 2.45) is 4.99 Å². The number of hydrogen-bond donors (Lipinski definition) is 2. The minimum absolute atomic E-state index is 0.0949. The van der Waals surface area contributed by atoms with Crippen LogP contribution < -0.4 is 15.0 Å². The van der Waals surface area contributed by atoms with Crippen molar-refractivity contribution in [1.82, 2.24) is 4.57 Å². The van der Waals surface area contributed by atoms with Crippen molar-refractivity contribution in [2.75, 3.05) is 11.8 Å². The Kier molecular flexibility index (Phi) is 7.39. The van der Waals surface area contributed by atoms with Gasteiger partial charge in [0.15, 0.2) is 0 Å². The number of methoxy groups -OCH3 is 1. The highest BCUT2D eigenvalue weighted by atomic mass is 32.2. The van der Waals surface area contributed by atoms with E-state index in [-0.39, 0.29) is 22.2 Å². The first-order valence-corrected chi connectivity index (χ1v) is 14.1. The molecule has 0 amide bonds. The minimum atomic E-state index is -4.06. The Morgan fingerprint density at radius 3 is 2.40 bits per heavy atom. The molecule has 0 saturated heterocycles. The van der Waals surface area contributed by atoms with Gasteiger partial charge in [-0.05, 0) is 54.4 Å². The lowest BCUT2D eigenvalue weighted by atomic mass is 10.1. The second-order valence-electron chi connectivity index (χ2n) is 8.97. The first-order chi connectivity index (χ1) is 19.3. The number of ether oxygens (including phenoxy) is 1. The van der Waals surface area contributed by atoms with Gasteiger partial charge in [0.2, 0.25) is 5.88 Å². The van der Waals surface area contributed by atoms with Crippen LogP contribution in [0.15, 0.2) is 112 Å². The summed E-state index contributed by atoms with van der Waals surface area (Å²) < 4.78 is 35.4. The molecule has 2 N–H and O–H groups in total. The van der Waals surface area contributed by atoms with E-state index >= 15 is 0 Å². The van der Waals surface area contributed by atoms with Crippen molar-refractivity contribution in [2.45, 2.75) is 18.2 Å². The molecule has 9 heteroatoms. The molecule has 0 bridgehead atoms. The van der Waals surface area contributed by atoms with Crippen LogP contribution in [0.1, 0.15) is 18.1 Å². The van der Waals surface area contributed by atoms with E-state index in [4.69, 9.17) is 4.74 Å². The number of aliphatic imine (C=N–C) groups is 1. The zero-order valence-corrected chi connectivity index (χ0v) is 22.7. The van der Waals surface area contributed by atoms with Gasteiger partial charge < -0.3 is 9.84 Å². The molecule has 1 heterocycles. The molecule has 0 saturated carbocycles. The van der Waals surface area contributed by atoms with Gasteiger partial charge in [-0.2, -0.15) is 0 Å². The number of para-hydroxylation sites is 3. The Morgan fingerprint density at radius 1 is 0.925 bits per heavy atom. The fourth-order valence-corrected chi connectivity index (χ4v) is 5.63. The van der Waals surface area contributed by atoms with Gasteiger partial charge in [0.25, 0.3) is 15.6 Å². The van der Waals surface area contributed by atoms with Gasteiger partial charge in [0.05, 0.1) is 34.6 Å². The number of sulfonamides is 1. The predicted octanol–water partition coefficient (Wildman–Crippen LogP) is 5.82. The summed E-state index contributed by atoms with van der Waals surface area (Å²) in [6.07, 6.45) is 2.32. The standard InChI is InChI=1S/C31H27N3O5S/c1-3-21-11-4-7-16-27(21)32-20-26-24-14-5-6-15-25(24)30(35)34(31(26)36)22-12-10-13-23(19-22)40(37,38)33-28-17-8-9-18-29(28)39-2/h4-20,33,36H,3H2,1-2H3. The lowest BCUT2D eigenvalue weighted by molar-refractivity contribution is 0.417. The van der Waals surface area contributed by atoms with Crippen molar-refractivity contribution in [3.8, 4) is 17.3 Å². The van der Waals surface area contributed by atoms with Crippen LogP contribution in [0.25, 0.3) is 16.5 Å². The summed E-state index contributed by atoms with van der Waals surface area (Å²) in [4.78, 5) is 18.1. The Hall–Kier alpha value is -4.89. The zero-order chi connectivity index (χ0) is 28.3. The average Bonchev–Trinajstić information content (AvgIpc) is 2.97. The second kappa shape index (κ2) is 11.1. The van der Waals surface area contributed by atoms with Gasteiger partial charge in [-0.25, -0.2) is 13.0 Å². The molecule has 0 aliphatic carbocycles. The molecule has 0 atom stereocenters. The third-order valence-corrected chi connectivity index (χ3v) is 7.91. The van der Waals surface area contributed by atoms with Gasteiger partial charge in [0.1, 0.15) is 5.75 Å². The van der Waals surface area contributed by atoms with Crippen molar-refractivity contribution >= 4 is 38.4 Å². The number of nitrogens with one attached hydrogen (secondary N) is 1. The molecule has 0 fully saturated rings. The van der Waals surface area contributed by atoms with Crippen molar-refractivity contribution in [3.63, 3.8) is 0 Å². The summed E-state index contributed by atoms with van der Waals surface area (Å²) in [5.41, 5.74) is 2.08. The first-order valence-electron chi connectivity index (χ1n) is 12.6. The average molecular weight is 554 g/mol. The third-order valence-electron chi connectivity index (χ3n) is 6.55. The molecule has 8 nitrogen and oxygen atoms in total. The molecular weight excluding hydrogens is 526 g/mol. The van der Waals surface area contributed by atoms with Gasteiger partial charge in [0, 0.05) is 17.0 Å². The molecule has 40 heavy (non-hydrogen) atoms. The van der Waals surface area contributed by atoms with Crippen LogP contribution in [0.3, 0.4) is 0 Å². The number of fused-ring (bicyclic) bond motifs is 1. The van der Waals surface area contributed by atoms with Gasteiger partial charge in [-0.1, -0.05) is 61.5 Å². The maximum Gasteiger partial charge on any atom is 0.265 e. The Balaban J connectivity index is 1.64. The molecule has 5 aromatic rings.